The number of halogens is 2. The molecule has 1 saturated carbocycles. The van der Waals surface area contributed by atoms with Crippen LogP contribution in [-0.2, 0) is 0 Å². The summed E-state index contributed by atoms with van der Waals surface area (Å²) in [4.78, 5) is 21.1. The predicted octanol–water partition coefficient (Wildman–Crippen LogP) is 4.82. The normalized spacial score (nSPS) is 17.1. The molecule has 1 aliphatic carbocycles. The Balaban J connectivity index is 1.69. The molecule has 3 aromatic rings. The minimum atomic E-state index is -2.61. The largest absolute Gasteiger partial charge is 0.375 e. The Hall–Kier alpha value is -2.61. The van der Waals surface area contributed by atoms with Gasteiger partial charge >= 0.3 is 0 Å². The molecule has 2 heterocycles. The summed E-state index contributed by atoms with van der Waals surface area (Å²) in [7, 11) is 0. The molecule has 8 heteroatoms. The van der Waals surface area contributed by atoms with Crippen LogP contribution in [0.3, 0.4) is 0 Å². The van der Waals surface area contributed by atoms with E-state index in [-0.39, 0.29) is 24.7 Å². The standard InChI is InChI=1S/C19H18F2N4OS/c20-19(21)5-3-11(4-6-19)14-8-12(9-15-16(14)25-18(22)27-15)17(26)24-13-2-1-7-23-10-13/h1-2,7-11H,3-6H2,(H2,22,25)(H,24,26). The maximum atomic E-state index is 13.6. The highest BCUT2D eigenvalue weighted by atomic mass is 32.1. The van der Waals surface area contributed by atoms with Crippen LogP contribution in [0.15, 0.2) is 36.7 Å². The summed E-state index contributed by atoms with van der Waals surface area (Å²) in [6.07, 6.45) is 3.63. The number of carbonyl (C=O) groups excluding carboxylic acids is 1. The first kappa shape index (κ1) is 17.8. The van der Waals surface area contributed by atoms with E-state index >= 15 is 0 Å². The third-order valence-corrected chi connectivity index (χ3v) is 5.71. The summed E-state index contributed by atoms with van der Waals surface area (Å²) in [6.45, 7) is 0. The Kier molecular flexibility index (Phi) is 4.51. The summed E-state index contributed by atoms with van der Waals surface area (Å²) in [5.74, 6) is -2.94. The van der Waals surface area contributed by atoms with Crippen LogP contribution >= 0.6 is 11.3 Å². The number of thiazole rings is 1. The molecule has 1 fully saturated rings. The van der Waals surface area contributed by atoms with Crippen LogP contribution in [0.2, 0.25) is 0 Å². The van der Waals surface area contributed by atoms with Gasteiger partial charge in [0.2, 0.25) is 5.92 Å². The maximum absolute atomic E-state index is 13.6. The predicted molar refractivity (Wildman–Crippen MR) is 102 cm³/mol. The number of rotatable bonds is 3. The quantitative estimate of drug-likeness (QED) is 0.674. The van der Waals surface area contributed by atoms with Crippen LogP contribution in [-0.4, -0.2) is 21.8 Å². The number of benzene rings is 1. The molecular formula is C19H18F2N4OS. The van der Waals surface area contributed by atoms with Gasteiger partial charge < -0.3 is 11.1 Å². The van der Waals surface area contributed by atoms with Gasteiger partial charge in [-0.2, -0.15) is 0 Å². The van der Waals surface area contributed by atoms with E-state index in [9.17, 15) is 13.6 Å². The molecular weight excluding hydrogens is 370 g/mol. The van der Waals surface area contributed by atoms with E-state index in [1.165, 1.54) is 11.3 Å². The van der Waals surface area contributed by atoms with Crippen LogP contribution in [0.25, 0.3) is 10.2 Å². The van der Waals surface area contributed by atoms with Crippen LogP contribution in [0.5, 0.6) is 0 Å². The lowest BCUT2D eigenvalue weighted by Gasteiger charge is -2.28. The number of hydrogen-bond donors (Lipinski definition) is 2. The molecule has 0 bridgehead atoms. The molecule has 0 atom stereocenters. The number of aromatic nitrogens is 2. The van der Waals surface area contributed by atoms with Gasteiger partial charge in [-0.15, -0.1) is 0 Å². The first-order chi connectivity index (χ1) is 12.9. The molecule has 0 saturated heterocycles. The van der Waals surface area contributed by atoms with Crippen molar-refractivity contribution in [2.45, 2.75) is 37.5 Å². The summed E-state index contributed by atoms with van der Waals surface area (Å²) < 4.78 is 27.9. The number of hydrogen-bond acceptors (Lipinski definition) is 5. The summed E-state index contributed by atoms with van der Waals surface area (Å²) in [5.41, 5.74) is 8.45. The fourth-order valence-electron chi connectivity index (χ4n) is 3.51. The molecule has 140 valence electrons. The van der Waals surface area contributed by atoms with Crippen LogP contribution in [0.4, 0.5) is 19.6 Å². The van der Waals surface area contributed by atoms with Crippen molar-refractivity contribution in [1.29, 1.82) is 0 Å². The van der Waals surface area contributed by atoms with Gasteiger partial charge in [0, 0.05) is 24.6 Å². The summed E-state index contributed by atoms with van der Waals surface area (Å²) >= 11 is 1.29. The highest BCUT2D eigenvalue weighted by molar-refractivity contribution is 7.22. The highest BCUT2D eigenvalue weighted by Gasteiger charge is 2.36. The van der Waals surface area contributed by atoms with E-state index in [0.717, 1.165) is 10.3 Å². The van der Waals surface area contributed by atoms with Crippen molar-refractivity contribution >= 4 is 38.3 Å². The van der Waals surface area contributed by atoms with Crippen molar-refractivity contribution in [3.05, 3.63) is 47.8 Å². The lowest BCUT2D eigenvalue weighted by atomic mass is 9.81. The number of nitrogen functional groups attached to an aromatic ring is 1. The van der Waals surface area contributed by atoms with Crippen LogP contribution in [0, 0.1) is 0 Å². The van der Waals surface area contributed by atoms with Gasteiger partial charge in [-0.25, -0.2) is 13.8 Å². The van der Waals surface area contributed by atoms with E-state index in [2.05, 4.69) is 15.3 Å². The van der Waals surface area contributed by atoms with Gasteiger partial charge in [-0.1, -0.05) is 11.3 Å². The Bertz CT molecular complexity index is 980. The Labute approximate surface area is 158 Å². The molecule has 2 aromatic heterocycles. The lowest BCUT2D eigenvalue weighted by molar-refractivity contribution is -0.0381. The minimum absolute atomic E-state index is 0.0558. The molecule has 0 spiro atoms. The number of nitrogens with two attached hydrogens (primary N) is 1. The molecule has 5 nitrogen and oxygen atoms in total. The highest BCUT2D eigenvalue weighted by Crippen LogP contribution is 2.43. The van der Waals surface area contributed by atoms with E-state index in [1.807, 2.05) is 0 Å². The monoisotopic (exact) mass is 388 g/mol. The number of pyridine rings is 1. The summed E-state index contributed by atoms with van der Waals surface area (Å²) in [5, 5.41) is 3.20. The number of carbonyl (C=O) groups is 1. The molecule has 1 aromatic carbocycles. The first-order valence-corrected chi connectivity index (χ1v) is 9.52. The fraction of sp³-hybridized carbons (Fsp3) is 0.316. The van der Waals surface area contributed by atoms with Crippen molar-refractivity contribution in [2.24, 2.45) is 0 Å². The smallest absolute Gasteiger partial charge is 0.255 e. The molecule has 1 aliphatic rings. The van der Waals surface area contributed by atoms with Gasteiger partial charge in [-0.3, -0.25) is 9.78 Å². The first-order valence-electron chi connectivity index (χ1n) is 8.70. The Morgan fingerprint density at radius 1 is 1.30 bits per heavy atom. The minimum Gasteiger partial charge on any atom is -0.375 e. The average Bonchev–Trinajstić information content (AvgIpc) is 3.02. The SMILES string of the molecule is Nc1nc2c(C3CCC(F)(F)CC3)cc(C(=O)Nc3cccnc3)cc2s1. The zero-order chi connectivity index (χ0) is 19.0. The van der Waals surface area contributed by atoms with Gasteiger partial charge in [-0.05, 0) is 48.6 Å². The average molecular weight is 388 g/mol. The molecule has 27 heavy (non-hydrogen) atoms. The van der Waals surface area contributed by atoms with Crippen LogP contribution < -0.4 is 11.1 Å². The van der Waals surface area contributed by atoms with Crippen molar-refractivity contribution in [1.82, 2.24) is 9.97 Å². The van der Waals surface area contributed by atoms with E-state index in [0.29, 0.717) is 34.7 Å². The van der Waals surface area contributed by atoms with E-state index < -0.39 is 5.92 Å². The van der Waals surface area contributed by atoms with E-state index in [4.69, 9.17) is 5.73 Å². The number of anilines is 2. The number of amides is 1. The molecule has 0 aliphatic heterocycles. The molecule has 0 unspecified atom stereocenters. The van der Waals surface area contributed by atoms with Gasteiger partial charge in [0.25, 0.3) is 5.91 Å². The topological polar surface area (TPSA) is 80.9 Å². The van der Waals surface area contributed by atoms with Crippen molar-refractivity contribution in [2.75, 3.05) is 11.1 Å². The van der Waals surface area contributed by atoms with Gasteiger partial charge in [0.1, 0.15) is 0 Å². The van der Waals surface area contributed by atoms with Crippen molar-refractivity contribution in [3.63, 3.8) is 0 Å². The number of alkyl halides is 2. The number of nitrogens with zero attached hydrogens (tertiary/aromatic N) is 2. The van der Waals surface area contributed by atoms with Gasteiger partial charge in [0.15, 0.2) is 5.13 Å². The third-order valence-electron chi connectivity index (χ3n) is 4.88. The van der Waals surface area contributed by atoms with Crippen molar-refractivity contribution in [3.8, 4) is 0 Å². The molecule has 4 rings (SSSR count). The Morgan fingerprint density at radius 3 is 2.78 bits per heavy atom. The summed E-state index contributed by atoms with van der Waals surface area (Å²) in [6, 6.07) is 6.99. The lowest BCUT2D eigenvalue weighted by Crippen LogP contribution is -2.24. The number of fused-ring (bicyclic) bond motifs is 1. The maximum Gasteiger partial charge on any atom is 0.255 e. The van der Waals surface area contributed by atoms with Gasteiger partial charge in [0.05, 0.1) is 22.1 Å². The third kappa shape index (κ3) is 3.75. The molecule has 1 amide bonds. The Morgan fingerprint density at radius 2 is 2.07 bits per heavy atom. The van der Waals surface area contributed by atoms with E-state index in [1.54, 1.807) is 36.7 Å². The second-order valence-corrected chi connectivity index (χ2v) is 7.85. The zero-order valence-electron chi connectivity index (χ0n) is 14.4. The molecule has 0 radical (unpaired) electrons. The van der Waals surface area contributed by atoms with Crippen molar-refractivity contribution < 1.29 is 13.6 Å². The zero-order valence-corrected chi connectivity index (χ0v) is 15.2. The second kappa shape index (κ2) is 6.84. The fourth-order valence-corrected chi connectivity index (χ4v) is 4.31. The number of nitrogens with one attached hydrogen (secondary N) is 1. The second-order valence-electron chi connectivity index (χ2n) is 6.79. The molecule has 3 N–H and O–H groups in total. The van der Waals surface area contributed by atoms with Crippen LogP contribution in [0.1, 0.15) is 47.5 Å².